The van der Waals surface area contributed by atoms with Gasteiger partial charge in [-0.25, -0.2) is 13.2 Å². The van der Waals surface area contributed by atoms with Crippen LogP contribution in [0.3, 0.4) is 0 Å². The predicted molar refractivity (Wildman–Crippen MR) is 199 cm³/mol. The van der Waals surface area contributed by atoms with E-state index in [9.17, 15) is 33.0 Å². The lowest BCUT2D eigenvalue weighted by Gasteiger charge is -2.55. The first-order chi connectivity index (χ1) is 25.3. The van der Waals surface area contributed by atoms with Crippen molar-refractivity contribution in [2.75, 3.05) is 75.1 Å². The minimum absolute atomic E-state index is 0.0375. The number of hydrogen-bond acceptors (Lipinski definition) is 7. The number of rotatable bonds is 12. The number of benzene rings is 3. The van der Waals surface area contributed by atoms with Gasteiger partial charge in [0.15, 0.2) is 6.54 Å². The van der Waals surface area contributed by atoms with Gasteiger partial charge in [0.25, 0.3) is 15.9 Å². The first kappa shape index (κ1) is 35.7. The fraction of sp³-hybridized carbons (Fsp3) is 0.462. The Morgan fingerprint density at radius 1 is 0.981 bits per heavy atom. The van der Waals surface area contributed by atoms with Crippen molar-refractivity contribution >= 4 is 50.0 Å². The Bertz CT molecular complexity index is 2140. The number of nitrogens with zero attached hydrogens (tertiary/aromatic N) is 4. The molecule has 6 aliphatic heterocycles. The molecule has 0 saturated carbocycles. The van der Waals surface area contributed by atoms with Crippen molar-refractivity contribution in [2.45, 2.75) is 43.7 Å². The molecule has 0 aromatic heterocycles. The highest BCUT2D eigenvalue weighted by Crippen LogP contribution is 2.50. The minimum atomic E-state index is -4.01. The number of fused-ring (bicyclic) bond motifs is 4. The van der Waals surface area contributed by atoms with Crippen LogP contribution < -0.4 is 15.4 Å². The molecular weight excluding hydrogens is 697 g/mol. The van der Waals surface area contributed by atoms with Crippen molar-refractivity contribution in [3.05, 3.63) is 77.0 Å². The summed E-state index contributed by atoms with van der Waals surface area (Å²) in [4.78, 5) is 39.9. The van der Waals surface area contributed by atoms with Gasteiger partial charge >= 0.3 is 5.97 Å². The Kier molecular flexibility index (Phi) is 8.69. The molecule has 0 radical (unpaired) electrons. The molecule has 0 unspecified atom stereocenters. The van der Waals surface area contributed by atoms with Crippen LogP contribution in [0.2, 0.25) is 0 Å². The van der Waals surface area contributed by atoms with Crippen LogP contribution in [0.4, 0.5) is 11.4 Å². The van der Waals surface area contributed by atoms with Crippen LogP contribution >= 0.6 is 0 Å². The SMILES string of the molecule is C[C@@H](O)[C@H]1C(=O)N2C(C(=O)O)=C(CN3c4cccc5c(CC[N+]67CC[N+](CC(=O)Nc8ccc(CCN)cc8)(CC6)CC7)ccc(c45)S3(=O)=O)[C@H](C)[C@H]12. The summed E-state index contributed by atoms with van der Waals surface area (Å²) in [5.74, 6) is -2.87. The minimum Gasteiger partial charge on any atom is -0.477 e. The van der Waals surface area contributed by atoms with E-state index >= 15 is 0 Å². The molecule has 2 bridgehead atoms. The molecule has 280 valence electrons. The summed E-state index contributed by atoms with van der Waals surface area (Å²) in [6.07, 6.45) is 0.631. The molecule has 5 N–H and O–H groups in total. The van der Waals surface area contributed by atoms with Crippen LogP contribution in [0.25, 0.3) is 10.8 Å². The van der Waals surface area contributed by atoms with Gasteiger partial charge in [-0.1, -0.05) is 37.3 Å². The number of carbonyl (C=O) groups excluding carboxylic acids is 2. The topological polar surface area (TPSA) is 170 Å². The van der Waals surface area contributed by atoms with Crippen molar-refractivity contribution in [1.29, 1.82) is 0 Å². The smallest absolute Gasteiger partial charge is 0.352 e. The lowest BCUT2D eigenvalue weighted by atomic mass is 9.78. The summed E-state index contributed by atoms with van der Waals surface area (Å²) < 4.78 is 31.3. The average Bonchev–Trinajstić information content (AvgIpc) is 3.50. The zero-order chi connectivity index (χ0) is 37.4. The fourth-order valence-corrected chi connectivity index (χ4v) is 11.5. The van der Waals surface area contributed by atoms with Crippen LogP contribution in [0.5, 0.6) is 0 Å². The third-order valence-corrected chi connectivity index (χ3v) is 14.7. The van der Waals surface area contributed by atoms with Crippen LogP contribution in [0, 0.1) is 11.8 Å². The third-order valence-electron chi connectivity index (χ3n) is 12.9. The Morgan fingerprint density at radius 2 is 1.66 bits per heavy atom. The lowest BCUT2D eigenvalue weighted by Crippen LogP contribution is -2.76. The van der Waals surface area contributed by atoms with E-state index in [4.69, 9.17) is 5.73 Å². The molecule has 4 saturated heterocycles. The van der Waals surface area contributed by atoms with Crippen molar-refractivity contribution in [3.63, 3.8) is 0 Å². The first-order valence-corrected chi connectivity index (χ1v) is 20.1. The van der Waals surface area contributed by atoms with Crippen molar-refractivity contribution in [2.24, 2.45) is 17.6 Å². The number of anilines is 2. The molecule has 6 aliphatic rings. The average molecular weight is 745 g/mol. The number of piperazine rings is 3. The van der Waals surface area contributed by atoms with E-state index in [2.05, 4.69) is 5.32 Å². The Hall–Kier alpha value is -4.34. The van der Waals surface area contributed by atoms with Gasteiger partial charge in [0.1, 0.15) is 45.0 Å². The standard InChI is InChI=1S/C39H46N6O7S/c1-24-30(37(39(49)50)43-36(24)34(25(2)46)38(43)48)22-42-31-5-3-4-29-27(8-11-32(35(29)31)53(42,51)52)13-15-44-16-19-45(20-17-44,21-18-44)23-33(47)41-28-9-6-26(7-10-28)12-14-40/h3-11,24-25,34,36,46H,12-23,40H2,1-2H3/p+2/t24-,25+,34+,36+,44?,45?/m0/s1. The Labute approximate surface area is 309 Å². The monoisotopic (exact) mass is 744 g/mol. The number of nitrogens with two attached hydrogens (primary N) is 1. The molecule has 0 aliphatic carbocycles. The zero-order valence-corrected chi connectivity index (χ0v) is 31.0. The number of aliphatic carboxylic acids is 1. The summed E-state index contributed by atoms with van der Waals surface area (Å²) in [5, 5.41) is 25.0. The van der Waals surface area contributed by atoms with Crippen molar-refractivity contribution < 1.29 is 42.0 Å². The fourth-order valence-electron chi connectivity index (χ4n) is 9.78. The zero-order valence-electron chi connectivity index (χ0n) is 30.2. The second kappa shape index (κ2) is 12.9. The van der Waals surface area contributed by atoms with Crippen LogP contribution in [0.15, 0.2) is 70.8 Å². The van der Waals surface area contributed by atoms with Gasteiger partial charge in [0, 0.05) is 23.4 Å². The lowest BCUT2D eigenvalue weighted by molar-refractivity contribution is -1.08. The molecule has 14 heteroatoms. The van der Waals surface area contributed by atoms with Crippen LogP contribution in [0.1, 0.15) is 25.0 Å². The highest BCUT2D eigenvalue weighted by molar-refractivity contribution is 7.93. The summed E-state index contributed by atoms with van der Waals surface area (Å²) >= 11 is 0. The molecular formula is C39H48N6O7S+2. The first-order valence-electron chi connectivity index (χ1n) is 18.6. The number of carboxylic acid groups (broad SMARTS) is 1. The number of aliphatic hydroxyl groups excluding tert-OH is 1. The number of nitrogens with one attached hydrogen (secondary N) is 1. The molecule has 9 rings (SSSR count). The van der Waals surface area contributed by atoms with Gasteiger partial charge < -0.3 is 35.1 Å². The van der Waals surface area contributed by atoms with Gasteiger partial charge in [-0.05, 0) is 66.2 Å². The van der Waals surface area contributed by atoms with Crippen LogP contribution in [-0.4, -0.2) is 128 Å². The Morgan fingerprint density at radius 3 is 2.30 bits per heavy atom. The van der Waals surface area contributed by atoms with Crippen molar-refractivity contribution in [1.82, 2.24) is 4.90 Å². The van der Waals surface area contributed by atoms with Gasteiger partial charge in [0.2, 0.25) is 5.91 Å². The molecule has 4 fully saturated rings. The van der Waals surface area contributed by atoms with Crippen LogP contribution in [-0.2, 0) is 37.2 Å². The highest BCUT2D eigenvalue weighted by atomic mass is 32.2. The van der Waals surface area contributed by atoms with Gasteiger partial charge in [-0.3, -0.25) is 13.9 Å². The number of hydrogen-bond donors (Lipinski definition) is 4. The molecule has 4 atom stereocenters. The molecule has 6 heterocycles. The molecule has 3 aromatic carbocycles. The third kappa shape index (κ3) is 5.73. The maximum atomic E-state index is 14.1. The summed E-state index contributed by atoms with van der Waals surface area (Å²) in [6.45, 7) is 10.9. The number of quaternary nitrogens is 2. The largest absolute Gasteiger partial charge is 0.477 e. The van der Waals surface area contributed by atoms with E-state index in [-0.39, 0.29) is 23.0 Å². The van der Waals surface area contributed by atoms with Crippen molar-refractivity contribution in [3.8, 4) is 0 Å². The summed E-state index contributed by atoms with van der Waals surface area (Å²) in [5.41, 5.74) is 9.36. The number of sulfonamides is 1. The molecule has 3 aromatic rings. The molecule has 0 spiro atoms. The van der Waals surface area contributed by atoms with E-state index in [1.165, 1.54) is 16.1 Å². The number of aliphatic hydroxyl groups is 1. The summed E-state index contributed by atoms with van der Waals surface area (Å²) in [6, 6.07) is 16.5. The second-order valence-corrected chi connectivity index (χ2v) is 17.6. The molecule has 2 amide bonds. The van der Waals surface area contributed by atoms with Gasteiger partial charge in [-0.15, -0.1) is 0 Å². The number of carbonyl (C=O) groups is 3. The van der Waals surface area contributed by atoms with Gasteiger partial charge in [0.05, 0.1) is 41.7 Å². The molecule has 13 nitrogen and oxygen atoms in total. The number of β-lactam (4-membered cyclic amide) rings is 1. The Balaban J connectivity index is 0.969. The van der Waals surface area contributed by atoms with Gasteiger partial charge in [-0.2, -0.15) is 0 Å². The molecule has 53 heavy (non-hydrogen) atoms. The maximum absolute atomic E-state index is 14.1. The summed E-state index contributed by atoms with van der Waals surface area (Å²) in [7, 11) is -4.01. The quantitative estimate of drug-likeness (QED) is 0.161. The number of carboxylic acids is 1. The second-order valence-electron chi connectivity index (χ2n) is 15.8. The highest BCUT2D eigenvalue weighted by Gasteiger charge is 2.60. The van der Waals surface area contributed by atoms with E-state index in [1.54, 1.807) is 19.1 Å². The normalized spacial score (nSPS) is 28.7. The van der Waals surface area contributed by atoms with E-state index < -0.39 is 45.9 Å². The predicted octanol–water partition coefficient (Wildman–Crippen LogP) is 1.89. The van der Waals surface area contributed by atoms with E-state index in [0.717, 1.165) is 89.8 Å². The van der Waals surface area contributed by atoms with E-state index in [0.29, 0.717) is 29.7 Å². The van der Waals surface area contributed by atoms with E-state index in [1.807, 2.05) is 42.5 Å². The number of amides is 2. The maximum Gasteiger partial charge on any atom is 0.352 e.